The van der Waals surface area contributed by atoms with Gasteiger partial charge in [-0.05, 0) is 85.0 Å². The smallest absolute Gasteiger partial charge is 0.301 e. The Kier molecular flexibility index (Phi) is 7.49. The molecule has 46 heavy (non-hydrogen) atoms. The summed E-state index contributed by atoms with van der Waals surface area (Å²) in [7, 11) is 1.54. The van der Waals surface area contributed by atoms with E-state index >= 15 is 0 Å². The Labute approximate surface area is 270 Å². The number of aliphatic hydroxyl groups excluding tert-OH is 1. The molecule has 3 heterocycles. The number of aryl methyl sites for hydroxylation is 2. The first-order chi connectivity index (χ1) is 22.2. The van der Waals surface area contributed by atoms with Crippen LogP contribution >= 0.6 is 11.3 Å². The summed E-state index contributed by atoms with van der Waals surface area (Å²) in [5, 5.41) is 12.1. The topological polar surface area (TPSA) is 98.2 Å². The number of carbonyl (C=O) groups excluding carboxylic acids is 2. The Morgan fingerprint density at radius 1 is 1.02 bits per heavy atom. The first-order valence-corrected chi connectivity index (χ1v) is 15.9. The summed E-state index contributed by atoms with van der Waals surface area (Å²) < 4.78 is 18.6. The first-order valence-electron chi connectivity index (χ1n) is 15.0. The Balaban J connectivity index is 1.36. The zero-order valence-electron chi connectivity index (χ0n) is 25.9. The third-order valence-corrected chi connectivity index (χ3v) is 9.38. The number of carbonyl (C=O) groups is 2. The fourth-order valence-corrected chi connectivity index (χ4v) is 7.41. The van der Waals surface area contributed by atoms with Crippen LogP contribution in [0, 0.1) is 13.8 Å². The molecule has 4 aromatic carbocycles. The second kappa shape index (κ2) is 11.7. The highest BCUT2D eigenvalue weighted by atomic mass is 32.1. The molecule has 0 saturated carbocycles. The molecule has 1 aromatic heterocycles. The molecule has 232 valence electrons. The molecule has 7 rings (SSSR count). The maximum atomic E-state index is 13.9. The van der Waals surface area contributed by atoms with Crippen LogP contribution < -0.4 is 19.1 Å². The van der Waals surface area contributed by atoms with Crippen molar-refractivity contribution in [3.05, 3.63) is 118 Å². The minimum absolute atomic E-state index is 0.0131. The lowest BCUT2D eigenvalue weighted by molar-refractivity contribution is -0.132. The first kappa shape index (κ1) is 29.6. The van der Waals surface area contributed by atoms with Crippen molar-refractivity contribution < 1.29 is 28.9 Å². The van der Waals surface area contributed by atoms with Crippen molar-refractivity contribution in [3.63, 3.8) is 0 Å². The van der Waals surface area contributed by atoms with E-state index in [-0.39, 0.29) is 17.4 Å². The molecule has 2 aliphatic heterocycles. The molecule has 1 fully saturated rings. The molecule has 2 atom stereocenters. The van der Waals surface area contributed by atoms with Gasteiger partial charge in [0.2, 0.25) is 0 Å². The summed E-state index contributed by atoms with van der Waals surface area (Å²) in [6.45, 7) is 6.29. The number of ketones is 1. The third-order valence-electron chi connectivity index (χ3n) is 8.38. The number of thiazole rings is 1. The van der Waals surface area contributed by atoms with E-state index in [0.717, 1.165) is 38.2 Å². The van der Waals surface area contributed by atoms with Gasteiger partial charge >= 0.3 is 5.91 Å². The van der Waals surface area contributed by atoms with Gasteiger partial charge in [0.15, 0.2) is 16.6 Å². The molecule has 1 amide bonds. The van der Waals surface area contributed by atoms with Gasteiger partial charge in [-0.3, -0.25) is 14.5 Å². The third kappa shape index (κ3) is 5.16. The highest BCUT2D eigenvalue weighted by Gasteiger charge is 2.48. The second-order valence-corrected chi connectivity index (χ2v) is 12.7. The molecule has 2 unspecified atom stereocenters. The molecule has 1 N–H and O–H groups in total. The molecular weight excluding hydrogens is 600 g/mol. The monoisotopic (exact) mass is 632 g/mol. The predicted octanol–water partition coefficient (Wildman–Crippen LogP) is 7.45. The van der Waals surface area contributed by atoms with Gasteiger partial charge in [0.1, 0.15) is 24.2 Å². The van der Waals surface area contributed by atoms with E-state index in [1.807, 2.05) is 69.3 Å². The Bertz CT molecular complexity index is 2050. The van der Waals surface area contributed by atoms with Crippen LogP contribution in [0.3, 0.4) is 0 Å². The number of Topliss-reactive ketones (excluding diaryl/α,β-unsaturated/α-hetero) is 1. The molecule has 0 bridgehead atoms. The Morgan fingerprint density at radius 2 is 1.83 bits per heavy atom. The number of ether oxygens (including phenoxy) is 3. The molecular formula is C37H32N2O6S. The van der Waals surface area contributed by atoms with Crippen LogP contribution in [-0.4, -0.2) is 35.0 Å². The molecule has 0 radical (unpaired) electrons. The SMILES string of the molecule is COc1cc(C2C(=C(O)c3ccc4c(c3)CC(C)O4)C(=O)C(=O)N2c2nc3c(C)cc(C)cc3s2)ccc1OCc1ccccc1. The van der Waals surface area contributed by atoms with Crippen LogP contribution in [0.5, 0.6) is 17.2 Å². The summed E-state index contributed by atoms with van der Waals surface area (Å²) in [5.41, 5.74) is 5.72. The number of aliphatic hydroxyl groups is 1. The molecule has 0 spiro atoms. The summed E-state index contributed by atoms with van der Waals surface area (Å²) in [6.07, 6.45) is 0.694. The lowest BCUT2D eigenvalue weighted by atomic mass is 9.94. The van der Waals surface area contributed by atoms with E-state index in [2.05, 4.69) is 0 Å². The second-order valence-electron chi connectivity index (χ2n) is 11.7. The van der Waals surface area contributed by atoms with Gasteiger partial charge in [0, 0.05) is 12.0 Å². The highest BCUT2D eigenvalue weighted by molar-refractivity contribution is 7.22. The minimum Gasteiger partial charge on any atom is -0.507 e. The van der Waals surface area contributed by atoms with Crippen molar-refractivity contribution in [1.29, 1.82) is 0 Å². The van der Waals surface area contributed by atoms with E-state index in [9.17, 15) is 14.7 Å². The van der Waals surface area contributed by atoms with Crippen LogP contribution in [0.15, 0.2) is 84.4 Å². The number of hydrogen-bond acceptors (Lipinski definition) is 8. The summed E-state index contributed by atoms with van der Waals surface area (Å²) in [4.78, 5) is 34.0. The van der Waals surface area contributed by atoms with Gasteiger partial charge < -0.3 is 19.3 Å². The maximum Gasteiger partial charge on any atom is 0.301 e. The number of aromatic nitrogens is 1. The van der Waals surface area contributed by atoms with Crippen molar-refractivity contribution in [2.75, 3.05) is 12.0 Å². The average Bonchev–Trinajstić information content (AvgIpc) is 3.72. The number of amides is 1. The molecule has 2 aliphatic rings. The van der Waals surface area contributed by atoms with Crippen molar-refractivity contribution in [2.24, 2.45) is 0 Å². The quantitative estimate of drug-likeness (QED) is 0.113. The summed E-state index contributed by atoms with van der Waals surface area (Å²) in [5.74, 6) is -0.129. The van der Waals surface area contributed by atoms with Gasteiger partial charge in [0.25, 0.3) is 5.78 Å². The van der Waals surface area contributed by atoms with Crippen molar-refractivity contribution in [1.82, 2.24) is 4.98 Å². The largest absolute Gasteiger partial charge is 0.507 e. The normalized spacial score (nSPS) is 18.6. The van der Waals surface area contributed by atoms with Gasteiger partial charge in [-0.2, -0.15) is 0 Å². The summed E-state index contributed by atoms with van der Waals surface area (Å²) in [6, 6.07) is 23.5. The van der Waals surface area contributed by atoms with Crippen molar-refractivity contribution in [3.8, 4) is 17.2 Å². The Morgan fingerprint density at radius 3 is 2.61 bits per heavy atom. The lowest BCUT2D eigenvalue weighted by Crippen LogP contribution is -2.29. The van der Waals surface area contributed by atoms with E-state index in [0.29, 0.717) is 40.8 Å². The molecule has 8 nitrogen and oxygen atoms in total. The number of nitrogens with zero attached hydrogens (tertiary/aromatic N) is 2. The number of hydrogen-bond donors (Lipinski definition) is 1. The molecule has 0 aliphatic carbocycles. The van der Waals surface area contributed by atoms with E-state index < -0.39 is 17.7 Å². The van der Waals surface area contributed by atoms with Gasteiger partial charge in [0.05, 0.1) is 28.9 Å². The predicted molar refractivity (Wildman–Crippen MR) is 178 cm³/mol. The van der Waals surface area contributed by atoms with E-state index in [1.165, 1.54) is 23.3 Å². The van der Waals surface area contributed by atoms with Crippen LogP contribution in [-0.2, 0) is 22.6 Å². The highest BCUT2D eigenvalue weighted by Crippen LogP contribution is 2.46. The number of anilines is 1. The number of methoxy groups -OCH3 is 1. The zero-order chi connectivity index (χ0) is 32.1. The van der Waals surface area contributed by atoms with Gasteiger partial charge in [-0.1, -0.05) is 53.8 Å². The van der Waals surface area contributed by atoms with Crippen LogP contribution in [0.1, 0.15) is 46.3 Å². The van der Waals surface area contributed by atoms with E-state index in [4.69, 9.17) is 19.2 Å². The lowest BCUT2D eigenvalue weighted by Gasteiger charge is -2.24. The average molecular weight is 633 g/mol. The number of fused-ring (bicyclic) bond motifs is 2. The van der Waals surface area contributed by atoms with Crippen molar-refractivity contribution >= 4 is 44.1 Å². The zero-order valence-corrected chi connectivity index (χ0v) is 26.7. The molecule has 1 saturated heterocycles. The Hall–Kier alpha value is -5.15. The fraction of sp³-hybridized carbons (Fsp3) is 0.216. The van der Waals surface area contributed by atoms with Gasteiger partial charge in [-0.15, -0.1) is 0 Å². The maximum absolute atomic E-state index is 13.9. The number of rotatable bonds is 7. The van der Waals surface area contributed by atoms with Crippen LogP contribution in [0.25, 0.3) is 16.0 Å². The molecule has 5 aromatic rings. The van der Waals surface area contributed by atoms with Gasteiger partial charge in [-0.25, -0.2) is 4.98 Å². The van der Waals surface area contributed by atoms with Crippen LogP contribution in [0.2, 0.25) is 0 Å². The standard InChI is InChI=1S/C37H32N2O6S/c1-20-14-21(2)32-30(15-20)46-37(38-32)39-33(24-10-13-28(29(18-24)43-4)44-19-23-8-6-5-7-9-23)31(35(41)36(39)42)34(40)25-11-12-27-26(17-25)16-22(3)45-27/h5-15,17-18,22,33,40H,16,19H2,1-4H3. The number of benzene rings is 4. The van der Waals surface area contributed by atoms with Crippen LogP contribution in [0.4, 0.5) is 5.13 Å². The van der Waals surface area contributed by atoms with E-state index in [1.54, 1.807) is 30.3 Å². The fourth-order valence-electron chi connectivity index (χ4n) is 6.24. The van der Waals surface area contributed by atoms with Crippen molar-refractivity contribution in [2.45, 2.75) is 45.9 Å². The minimum atomic E-state index is -0.970. The summed E-state index contributed by atoms with van der Waals surface area (Å²) >= 11 is 1.34. The molecule has 9 heteroatoms.